The normalized spacial score (nSPS) is 17.0. The van der Waals surface area contributed by atoms with Gasteiger partial charge in [0.05, 0.1) is 25.6 Å². The largest absolute Gasteiger partial charge is 0.493 e. The maximum Gasteiger partial charge on any atom is 0.213 e. The fourth-order valence-electron chi connectivity index (χ4n) is 2.90. The fraction of sp³-hybridized carbons (Fsp3) is 0.632. The van der Waals surface area contributed by atoms with Crippen molar-refractivity contribution in [2.24, 2.45) is 4.99 Å². The highest BCUT2D eigenvalue weighted by Gasteiger charge is 2.17. The molecule has 11 heteroatoms. The minimum Gasteiger partial charge on any atom is -0.493 e. The van der Waals surface area contributed by atoms with Gasteiger partial charge in [-0.1, -0.05) is 0 Å². The van der Waals surface area contributed by atoms with Crippen LogP contribution >= 0.6 is 24.0 Å². The molecular weight excluding hydrogens is 523 g/mol. The Morgan fingerprint density at radius 1 is 1.30 bits per heavy atom. The lowest BCUT2D eigenvalue weighted by atomic mass is 10.1. The number of halogens is 1. The van der Waals surface area contributed by atoms with Crippen LogP contribution in [0.2, 0.25) is 0 Å². The molecular formula is C19H33IN4O5S. The van der Waals surface area contributed by atoms with Crippen molar-refractivity contribution in [3.05, 3.63) is 18.2 Å². The zero-order chi connectivity index (χ0) is 21.1. The van der Waals surface area contributed by atoms with Gasteiger partial charge < -0.3 is 24.8 Å². The van der Waals surface area contributed by atoms with E-state index in [2.05, 4.69) is 20.3 Å². The molecule has 1 aliphatic rings. The summed E-state index contributed by atoms with van der Waals surface area (Å²) >= 11 is 0. The molecule has 1 aliphatic heterocycles. The number of benzene rings is 1. The fourth-order valence-corrected chi connectivity index (χ4v) is 3.86. The molecule has 0 radical (unpaired) electrons. The van der Waals surface area contributed by atoms with Gasteiger partial charge in [0.1, 0.15) is 0 Å². The highest BCUT2D eigenvalue weighted by atomic mass is 127. The number of guanidine groups is 1. The lowest BCUT2D eigenvalue weighted by Gasteiger charge is -2.22. The molecule has 1 fully saturated rings. The highest BCUT2D eigenvalue weighted by Crippen LogP contribution is 2.30. The molecule has 0 aliphatic carbocycles. The number of nitrogens with zero attached hydrogens (tertiary/aromatic N) is 1. The summed E-state index contributed by atoms with van der Waals surface area (Å²) in [7, 11) is -0.188. The van der Waals surface area contributed by atoms with E-state index in [-0.39, 0.29) is 42.4 Å². The Hall–Kier alpha value is -1.31. The quantitative estimate of drug-likeness (QED) is 0.230. The molecule has 1 unspecified atom stereocenters. The van der Waals surface area contributed by atoms with Crippen LogP contribution in [0.1, 0.15) is 26.2 Å². The topological polar surface area (TPSA) is 110 Å². The summed E-state index contributed by atoms with van der Waals surface area (Å²) in [4.78, 5) is 4.13. The third-order valence-corrected chi connectivity index (χ3v) is 5.77. The van der Waals surface area contributed by atoms with Crippen LogP contribution in [0.25, 0.3) is 0 Å². The van der Waals surface area contributed by atoms with Crippen molar-refractivity contribution in [1.82, 2.24) is 10.0 Å². The number of ether oxygens (including phenoxy) is 3. The lowest BCUT2D eigenvalue weighted by molar-refractivity contribution is 0.0200. The van der Waals surface area contributed by atoms with Crippen molar-refractivity contribution in [3.8, 4) is 11.5 Å². The van der Waals surface area contributed by atoms with Gasteiger partial charge >= 0.3 is 0 Å². The van der Waals surface area contributed by atoms with Crippen LogP contribution in [0.4, 0.5) is 5.69 Å². The van der Waals surface area contributed by atoms with E-state index in [1.807, 2.05) is 13.0 Å². The van der Waals surface area contributed by atoms with E-state index < -0.39 is 10.0 Å². The summed E-state index contributed by atoms with van der Waals surface area (Å²) in [6.07, 6.45) is 2.98. The number of nitrogens with one attached hydrogen (secondary N) is 3. The van der Waals surface area contributed by atoms with E-state index in [1.54, 1.807) is 26.3 Å². The van der Waals surface area contributed by atoms with E-state index in [4.69, 9.17) is 14.2 Å². The van der Waals surface area contributed by atoms with Gasteiger partial charge in [-0.3, -0.25) is 4.99 Å². The van der Waals surface area contributed by atoms with Crippen LogP contribution in [0.3, 0.4) is 0 Å². The van der Waals surface area contributed by atoms with Gasteiger partial charge in [-0.25, -0.2) is 13.1 Å². The van der Waals surface area contributed by atoms with E-state index in [0.29, 0.717) is 37.2 Å². The van der Waals surface area contributed by atoms with E-state index in [0.717, 1.165) is 24.9 Å². The van der Waals surface area contributed by atoms with Gasteiger partial charge in [-0.15, -0.1) is 24.0 Å². The smallest absolute Gasteiger partial charge is 0.213 e. The van der Waals surface area contributed by atoms with Gasteiger partial charge in [-0.05, 0) is 38.3 Å². The molecule has 1 saturated heterocycles. The summed E-state index contributed by atoms with van der Waals surface area (Å²) in [5.41, 5.74) is 0.748. The van der Waals surface area contributed by atoms with Crippen molar-refractivity contribution in [3.63, 3.8) is 0 Å². The molecule has 0 amide bonds. The Bertz CT molecular complexity index is 770. The number of rotatable bonds is 10. The molecule has 1 aromatic carbocycles. The molecule has 3 N–H and O–H groups in total. The minimum atomic E-state index is -3.39. The zero-order valence-electron chi connectivity index (χ0n) is 17.8. The SMILES string of the molecule is CCOc1cc(NC(=NC)NCCS(=O)(=O)NCC2CCCCO2)ccc1OC.I. The van der Waals surface area contributed by atoms with Crippen LogP contribution < -0.4 is 24.8 Å². The second-order valence-electron chi connectivity index (χ2n) is 6.58. The van der Waals surface area contributed by atoms with Gasteiger partial charge in [0, 0.05) is 38.5 Å². The molecule has 1 aromatic rings. The van der Waals surface area contributed by atoms with Crippen LogP contribution in [0, 0.1) is 0 Å². The second kappa shape index (κ2) is 13.9. The van der Waals surface area contributed by atoms with Crippen LogP contribution in [-0.2, 0) is 14.8 Å². The number of methoxy groups -OCH3 is 1. The van der Waals surface area contributed by atoms with Crippen molar-refractivity contribution in [2.75, 3.05) is 51.5 Å². The molecule has 2 rings (SSSR count). The Kier molecular flexibility index (Phi) is 12.4. The zero-order valence-corrected chi connectivity index (χ0v) is 20.9. The van der Waals surface area contributed by atoms with Gasteiger partial charge in [0.2, 0.25) is 10.0 Å². The molecule has 1 atom stereocenters. The molecule has 0 bridgehead atoms. The predicted octanol–water partition coefficient (Wildman–Crippen LogP) is 2.19. The number of hydrogen-bond acceptors (Lipinski definition) is 6. The predicted molar refractivity (Wildman–Crippen MR) is 130 cm³/mol. The summed E-state index contributed by atoms with van der Waals surface area (Å²) in [6, 6.07) is 5.43. The number of aliphatic imine (C=N–C) groups is 1. The Morgan fingerprint density at radius 3 is 2.73 bits per heavy atom. The number of hydrogen-bond donors (Lipinski definition) is 3. The van der Waals surface area contributed by atoms with Crippen molar-refractivity contribution >= 4 is 45.6 Å². The van der Waals surface area contributed by atoms with Crippen molar-refractivity contribution < 1.29 is 22.6 Å². The minimum absolute atomic E-state index is 0. The summed E-state index contributed by atoms with van der Waals surface area (Å²) in [5, 5.41) is 6.13. The van der Waals surface area contributed by atoms with Crippen molar-refractivity contribution in [1.29, 1.82) is 0 Å². The third kappa shape index (κ3) is 9.23. The standard InChI is InChI=1S/C19H32N4O5S.HI/c1-4-27-18-13-15(8-9-17(18)26-3)23-19(20-2)21-10-12-29(24,25)22-14-16-7-5-6-11-28-16;/h8-9,13,16,22H,4-7,10-12,14H2,1-3H3,(H2,20,21,23);1H. The summed E-state index contributed by atoms with van der Waals surface area (Å²) in [6.45, 7) is 3.65. The van der Waals surface area contributed by atoms with Crippen LogP contribution in [0.15, 0.2) is 23.2 Å². The Labute approximate surface area is 196 Å². The Balaban J connectivity index is 0.00000450. The molecule has 0 spiro atoms. The first-order chi connectivity index (χ1) is 14.0. The summed E-state index contributed by atoms with van der Waals surface area (Å²) < 4.78 is 43.4. The van der Waals surface area contributed by atoms with Gasteiger partial charge in [0.25, 0.3) is 0 Å². The first kappa shape index (κ1) is 26.7. The molecule has 9 nitrogen and oxygen atoms in total. The maximum absolute atomic E-state index is 12.2. The first-order valence-corrected chi connectivity index (χ1v) is 11.5. The second-order valence-corrected chi connectivity index (χ2v) is 8.50. The van der Waals surface area contributed by atoms with E-state index in [1.165, 1.54) is 0 Å². The van der Waals surface area contributed by atoms with Crippen LogP contribution in [-0.4, -0.2) is 66.7 Å². The molecule has 0 aromatic heterocycles. The monoisotopic (exact) mass is 556 g/mol. The van der Waals surface area contributed by atoms with Gasteiger partial charge in [-0.2, -0.15) is 0 Å². The molecule has 0 saturated carbocycles. The summed E-state index contributed by atoms with van der Waals surface area (Å²) in [5.74, 6) is 1.66. The molecule has 172 valence electrons. The third-order valence-electron chi connectivity index (χ3n) is 4.42. The lowest BCUT2D eigenvalue weighted by Crippen LogP contribution is -2.40. The number of anilines is 1. The highest BCUT2D eigenvalue weighted by molar-refractivity contribution is 14.0. The average molecular weight is 556 g/mol. The number of sulfonamides is 1. The van der Waals surface area contributed by atoms with E-state index in [9.17, 15) is 8.42 Å². The van der Waals surface area contributed by atoms with E-state index >= 15 is 0 Å². The maximum atomic E-state index is 12.2. The molecule has 30 heavy (non-hydrogen) atoms. The molecule has 1 heterocycles. The van der Waals surface area contributed by atoms with Crippen molar-refractivity contribution in [2.45, 2.75) is 32.3 Å². The van der Waals surface area contributed by atoms with Gasteiger partial charge in [0.15, 0.2) is 17.5 Å². The Morgan fingerprint density at radius 2 is 2.10 bits per heavy atom. The first-order valence-electron chi connectivity index (χ1n) is 9.85. The van der Waals surface area contributed by atoms with Crippen LogP contribution in [0.5, 0.6) is 11.5 Å². The average Bonchev–Trinajstić information content (AvgIpc) is 2.73.